The Morgan fingerprint density at radius 3 is 2.42 bits per heavy atom. The van der Waals surface area contributed by atoms with E-state index in [0.29, 0.717) is 0 Å². The monoisotopic (exact) mass is 181 g/mol. The van der Waals surface area contributed by atoms with Crippen LogP contribution >= 0.6 is 0 Å². The van der Waals surface area contributed by atoms with Gasteiger partial charge in [0.25, 0.3) is 5.95 Å². The predicted octanol–water partition coefficient (Wildman–Crippen LogP) is 1.55. The van der Waals surface area contributed by atoms with Crippen LogP contribution in [0.2, 0.25) is 0 Å². The lowest BCUT2D eigenvalue weighted by molar-refractivity contribution is -0.149. The second-order valence-electron chi connectivity index (χ2n) is 2.24. The van der Waals surface area contributed by atoms with Crippen LogP contribution in [0.5, 0.6) is 5.95 Å². The first-order valence-electron chi connectivity index (χ1n) is 3.01. The van der Waals surface area contributed by atoms with Crippen molar-refractivity contribution in [3.63, 3.8) is 0 Å². The van der Waals surface area contributed by atoms with Gasteiger partial charge in [0.1, 0.15) is 12.3 Å². The molecule has 1 heterocycles. The lowest BCUT2D eigenvalue weighted by Crippen LogP contribution is -2.27. The van der Waals surface area contributed by atoms with Crippen LogP contribution < -0.4 is 5.73 Å². The Kier molecular flexibility index (Phi) is 2.01. The number of nitrogens with two attached hydrogens (primary N) is 1. The molecule has 1 aromatic rings. The molecular formula is C6H6F3NO2. The predicted molar refractivity (Wildman–Crippen MR) is 33.4 cm³/mol. The van der Waals surface area contributed by atoms with E-state index < -0.39 is 18.2 Å². The molecule has 1 atom stereocenters. The zero-order valence-corrected chi connectivity index (χ0v) is 5.80. The molecule has 0 fully saturated rings. The molecule has 3 N–H and O–H groups in total. The Balaban J connectivity index is 2.85. The van der Waals surface area contributed by atoms with E-state index in [4.69, 9.17) is 10.8 Å². The molecular weight excluding hydrogens is 175 g/mol. The summed E-state index contributed by atoms with van der Waals surface area (Å²) in [4.78, 5) is 0. The number of alkyl halides is 3. The summed E-state index contributed by atoms with van der Waals surface area (Å²) in [6, 6.07) is -1.28. The first kappa shape index (κ1) is 8.92. The van der Waals surface area contributed by atoms with Crippen LogP contribution in [-0.4, -0.2) is 11.3 Å². The lowest BCUT2D eigenvalue weighted by Gasteiger charge is -2.12. The SMILES string of the molecule is N[C@@H](c1coc(O)c1)C(F)(F)F. The first-order valence-corrected chi connectivity index (χ1v) is 3.01. The average molecular weight is 181 g/mol. The van der Waals surface area contributed by atoms with Crippen molar-refractivity contribution in [3.8, 4) is 5.95 Å². The van der Waals surface area contributed by atoms with E-state index in [9.17, 15) is 13.2 Å². The fraction of sp³-hybridized carbons (Fsp3) is 0.333. The van der Waals surface area contributed by atoms with Crippen molar-refractivity contribution in [2.75, 3.05) is 0 Å². The van der Waals surface area contributed by atoms with Crippen LogP contribution in [0.3, 0.4) is 0 Å². The molecule has 12 heavy (non-hydrogen) atoms. The number of hydrogen-bond acceptors (Lipinski definition) is 3. The molecule has 0 saturated carbocycles. The van der Waals surface area contributed by atoms with Crippen LogP contribution in [-0.2, 0) is 0 Å². The number of halogens is 3. The van der Waals surface area contributed by atoms with Gasteiger partial charge in [-0.3, -0.25) is 0 Å². The largest absolute Gasteiger partial charge is 0.481 e. The van der Waals surface area contributed by atoms with Gasteiger partial charge in [-0.2, -0.15) is 13.2 Å². The molecule has 0 aliphatic rings. The lowest BCUT2D eigenvalue weighted by atomic mass is 10.1. The summed E-state index contributed by atoms with van der Waals surface area (Å²) in [7, 11) is 0. The third-order valence-corrected chi connectivity index (χ3v) is 1.32. The van der Waals surface area contributed by atoms with E-state index in [-0.39, 0.29) is 5.56 Å². The number of furan rings is 1. The Morgan fingerprint density at radius 2 is 2.08 bits per heavy atom. The van der Waals surface area contributed by atoms with Crippen LogP contribution in [0.25, 0.3) is 0 Å². The molecule has 0 unspecified atom stereocenters. The Morgan fingerprint density at radius 1 is 1.50 bits per heavy atom. The van der Waals surface area contributed by atoms with Gasteiger partial charge in [0.2, 0.25) is 0 Å². The molecule has 0 bridgehead atoms. The Bertz CT molecular complexity index is 268. The van der Waals surface area contributed by atoms with Gasteiger partial charge in [0.15, 0.2) is 0 Å². The topological polar surface area (TPSA) is 59.4 Å². The zero-order valence-electron chi connectivity index (χ0n) is 5.80. The molecule has 0 aromatic carbocycles. The second-order valence-corrected chi connectivity index (χ2v) is 2.24. The third kappa shape index (κ3) is 1.70. The van der Waals surface area contributed by atoms with Gasteiger partial charge in [0.05, 0.1) is 0 Å². The molecule has 0 spiro atoms. The van der Waals surface area contributed by atoms with E-state index in [1.54, 1.807) is 0 Å². The maximum atomic E-state index is 11.9. The standard InChI is InChI=1S/C6H6F3NO2/c7-6(8,9)5(10)3-1-4(11)12-2-3/h1-2,5,11H,10H2/t5-/m0/s1. The third-order valence-electron chi connectivity index (χ3n) is 1.32. The maximum Gasteiger partial charge on any atom is 0.407 e. The fourth-order valence-electron chi connectivity index (χ4n) is 0.691. The molecule has 6 heteroatoms. The highest BCUT2D eigenvalue weighted by molar-refractivity contribution is 5.20. The smallest absolute Gasteiger partial charge is 0.407 e. The molecule has 0 aliphatic carbocycles. The van der Waals surface area contributed by atoms with Crippen molar-refractivity contribution in [3.05, 3.63) is 17.9 Å². The zero-order chi connectivity index (χ0) is 9.35. The average Bonchev–Trinajstić information content (AvgIpc) is 2.32. The maximum absolute atomic E-state index is 11.9. The Labute approximate surface area is 65.6 Å². The van der Waals surface area contributed by atoms with Crippen LogP contribution in [0, 0.1) is 0 Å². The summed E-state index contributed by atoms with van der Waals surface area (Å²) in [5.74, 6) is -0.579. The van der Waals surface area contributed by atoms with E-state index in [0.717, 1.165) is 12.3 Å². The van der Waals surface area contributed by atoms with Gasteiger partial charge in [-0.1, -0.05) is 0 Å². The number of rotatable bonds is 1. The molecule has 1 rings (SSSR count). The van der Waals surface area contributed by atoms with Crippen molar-refractivity contribution in [2.24, 2.45) is 5.73 Å². The molecule has 0 amide bonds. The van der Waals surface area contributed by atoms with Crippen LogP contribution in [0.4, 0.5) is 13.2 Å². The van der Waals surface area contributed by atoms with Gasteiger partial charge >= 0.3 is 6.18 Å². The van der Waals surface area contributed by atoms with Crippen molar-refractivity contribution < 1.29 is 22.7 Å². The molecule has 0 radical (unpaired) electrons. The molecule has 1 aromatic heterocycles. The molecule has 3 nitrogen and oxygen atoms in total. The summed E-state index contributed by atoms with van der Waals surface area (Å²) in [6.07, 6.45) is -3.75. The normalized spacial score (nSPS) is 14.7. The van der Waals surface area contributed by atoms with Gasteiger partial charge in [-0.15, -0.1) is 0 Å². The highest BCUT2D eigenvalue weighted by Gasteiger charge is 2.38. The summed E-state index contributed by atoms with van der Waals surface area (Å²) in [5.41, 5.74) is 4.50. The van der Waals surface area contributed by atoms with Gasteiger partial charge < -0.3 is 15.3 Å². The fourth-order valence-corrected chi connectivity index (χ4v) is 0.691. The quantitative estimate of drug-likeness (QED) is 0.690. The molecule has 0 saturated heterocycles. The number of hydrogen-bond donors (Lipinski definition) is 2. The van der Waals surface area contributed by atoms with Crippen molar-refractivity contribution in [2.45, 2.75) is 12.2 Å². The first-order chi connectivity index (χ1) is 5.41. The van der Waals surface area contributed by atoms with Gasteiger partial charge in [-0.25, -0.2) is 0 Å². The van der Waals surface area contributed by atoms with Crippen molar-refractivity contribution in [1.82, 2.24) is 0 Å². The van der Waals surface area contributed by atoms with Crippen molar-refractivity contribution in [1.29, 1.82) is 0 Å². The molecule has 0 aliphatic heterocycles. The van der Waals surface area contributed by atoms with Crippen LogP contribution in [0.1, 0.15) is 11.6 Å². The van der Waals surface area contributed by atoms with Gasteiger partial charge in [-0.05, 0) is 0 Å². The van der Waals surface area contributed by atoms with Crippen LogP contribution in [0.15, 0.2) is 16.7 Å². The minimum absolute atomic E-state index is 0.292. The summed E-state index contributed by atoms with van der Waals surface area (Å²) < 4.78 is 39.9. The summed E-state index contributed by atoms with van der Waals surface area (Å²) in [6.45, 7) is 0. The van der Waals surface area contributed by atoms with E-state index in [1.807, 2.05) is 0 Å². The van der Waals surface area contributed by atoms with Crippen molar-refractivity contribution >= 4 is 0 Å². The molecule has 68 valence electrons. The van der Waals surface area contributed by atoms with E-state index in [2.05, 4.69) is 4.42 Å². The number of aromatic hydroxyl groups is 1. The van der Waals surface area contributed by atoms with E-state index in [1.165, 1.54) is 0 Å². The summed E-state index contributed by atoms with van der Waals surface area (Å²) in [5, 5.41) is 8.58. The highest BCUT2D eigenvalue weighted by Crippen LogP contribution is 2.32. The highest BCUT2D eigenvalue weighted by atomic mass is 19.4. The minimum atomic E-state index is -4.52. The Hall–Kier alpha value is -1.17. The van der Waals surface area contributed by atoms with Gasteiger partial charge in [0, 0.05) is 11.6 Å². The minimum Gasteiger partial charge on any atom is -0.481 e. The summed E-state index contributed by atoms with van der Waals surface area (Å²) >= 11 is 0. The second kappa shape index (κ2) is 2.71. The van der Waals surface area contributed by atoms with E-state index >= 15 is 0 Å².